The van der Waals surface area contributed by atoms with E-state index >= 15 is 0 Å². The van der Waals surface area contributed by atoms with Crippen LogP contribution in [0.1, 0.15) is 35.9 Å². The van der Waals surface area contributed by atoms with Gasteiger partial charge in [-0.1, -0.05) is 18.2 Å². The third kappa shape index (κ3) is 2.85. The number of nitrogens with zero attached hydrogens (tertiary/aromatic N) is 1. The number of pyridine rings is 1. The normalized spacial score (nSPS) is 12.1. The third-order valence-electron chi connectivity index (χ3n) is 3.74. The van der Waals surface area contributed by atoms with Gasteiger partial charge in [0, 0.05) is 24.7 Å². The summed E-state index contributed by atoms with van der Waals surface area (Å²) in [6.45, 7) is 3.21. The maximum atomic E-state index is 12.5. The van der Waals surface area contributed by atoms with Gasteiger partial charge in [-0.25, -0.2) is 0 Å². The summed E-state index contributed by atoms with van der Waals surface area (Å²) in [6.07, 6.45) is 3.31. The molecule has 23 heavy (non-hydrogen) atoms. The van der Waals surface area contributed by atoms with E-state index in [1.54, 1.807) is 31.5 Å². The summed E-state index contributed by atoms with van der Waals surface area (Å²) in [7, 11) is 0. The summed E-state index contributed by atoms with van der Waals surface area (Å²) in [5.74, 6) is -0.673. The second-order valence-corrected chi connectivity index (χ2v) is 5.36. The summed E-state index contributed by atoms with van der Waals surface area (Å²) >= 11 is 0. The Morgan fingerprint density at radius 2 is 1.96 bits per heavy atom. The number of carbonyl (C=O) groups excluding carboxylic acids is 2. The number of aromatic nitrogens is 1. The van der Waals surface area contributed by atoms with E-state index in [0.29, 0.717) is 16.7 Å². The molecule has 2 heterocycles. The van der Waals surface area contributed by atoms with Crippen LogP contribution in [0.3, 0.4) is 0 Å². The van der Waals surface area contributed by atoms with Crippen LogP contribution < -0.4 is 5.32 Å². The van der Waals surface area contributed by atoms with E-state index in [1.165, 1.54) is 6.92 Å². The van der Waals surface area contributed by atoms with Crippen molar-refractivity contribution >= 4 is 28.3 Å². The van der Waals surface area contributed by atoms with Crippen molar-refractivity contribution in [3.05, 3.63) is 60.1 Å². The fraction of sp³-hybridized carbons (Fsp3) is 0.167. The Morgan fingerprint density at radius 1 is 1.17 bits per heavy atom. The number of benzene rings is 1. The first-order chi connectivity index (χ1) is 11.1. The molecule has 3 rings (SSSR count). The fourth-order valence-corrected chi connectivity index (χ4v) is 2.43. The molecule has 0 fully saturated rings. The summed E-state index contributed by atoms with van der Waals surface area (Å²) in [6, 6.07) is 10.9. The van der Waals surface area contributed by atoms with Crippen molar-refractivity contribution < 1.29 is 14.0 Å². The van der Waals surface area contributed by atoms with E-state index in [0.717, 1.165) is 5.56 Å². The number of anilines is 1. The number of ketones is 1. The second-order valence-electron chi connectivity index (χ2n) is 5.36. The van der Waals surface area contributed by atoms with Gasteiger partial charge in [-0.05, 0) is 30.7 Å². The van der Waals surface area contributed by atoms with Crippen molar-refractivity contribution in [1.29, 1.82) is 0 Å². The lowest BCUT2D eigenvalue weighted by molar-refractivity contribution is -0.117. The molecule has 0 radical (unpaired) electrons. The number of furan rings is 1. The highest BCUT2D eigenvalue weighted by molar-refractivity contribution is 6.11. The highest BCUT2D eigenvalue weighted by Gasteiger charge is 2.22. The summed E-state index contributed by atoms with van der Waals surface area (Å²) < 4.78 is 5.57. The highest BCUT2D eigenvalue weighted by Crippen LogP contribution is 2.32. The van der Waals surface area contributed by atoms with Crippen molar-refractivity contribution in [2.24, 2.45) is 0 Å². The van der Waals surface area contributed by atoms with Crippen molar-refractivity contribution in [3.8, 4) is 0 Å². The van der Waals surface area contributed by atoms with Gasteiger partial charge in [0.25, 0.3) is 0 Å². The van der Waals surface area contributed by atoms with Crippen LogP contribution in [0.25, 0.3) is 11.0 Å². The molecule has 0 aliphatic rings. The van der Waals surface area contributed by atoms with Gasteiger partial charge in [-0.2, -0.15) is 0 Å². The first-order valence-corrected chi connectivity index (χ1v) is 7.31. The number of nitrogens with one attached hydrogen (secondary N) is 1. The van der Waals surface area contributed by atoms with Crippen molar-refractivity contribution in [1.82, 2.24) is 4.98 Å². The van der Waals surface area contributed by atoms with Crippen molar-refractivity contribution in [3.63, 3.8) is 0 Å². The van der Waals surface area contributed by atoms with Crippen molar-refractivity contribution in [2.75, 3.05) is 5.32 Å². The average Bonchev–Trinajstić information content (AvgIpc) is 2.94. The van der Waals surface area contributed by atoms with Gasteiger partial charge in [0.1, 0.15) is 5.58 Å². The fourth-order valence-electron chi connectivity index (χ4n) is 2.43. The molecule has 1 aromatic carbocycles. The molecule has 1 atom stereocenters. The Labute approximate surface area is 133 Å². The Hall–Kier alpha value is -2.95. The number of hydrogen-bond acceptors (Lipinski definition) is 4. The zero-order chi connectivity index (χ0) is 16.4. The van der Waals surface area contributed by atoms with E-state index in [9.17, 15) is 9.59 Å². The Kier molecular flexibility index (Phi) is 3.93. The lowest BCUT2D eigenvalue weighted by atomic mass is 10.0. The minimum absolute atomic E-state index is 0.165. The molecule has 2 aromatic heterocycles. The first kappa shape index (κ1) is 15.0. The van der Waals surface area contributed by atoms with Crippen LogP contribution >= 0.6 is 0 Å². The topological polar surface area (TPSA) is 72.2 Å². The monoisotopic (exact) mass is 308 g/mol. The number of rotatable bonds is 4. The van der Waals surface area contributed by atoms with Crippen LogP contribution in [0.15, 0.2) is 53.2 Å². The highest BCUT2D eigenvalue weighted by atomic mass is 16.3. The van der Waals surface area contributed by atoms with Crippen LogP contribution in [0, 0.1) is 0 Å². The molecular formula is C18H16N2O3. The lowest BCUT2D eigenvalue weighted by Crippen LogP contribution is -2.19. The Bertz CT molecular complexity index is 868. The number of para-hydroxylation sites is 1. The zero-order valence-corrected chi connectivity index (χ0v) is 12.9. The van der Waals surface area contributed by atoms with Crippen LogP contribution in [0.2, 0.25) is 0 Å². The van der Waals surface area contributed by atoms with E-state index < -0.39 is 5.92 Å². The molecule has 116 valence electrons. The maximum absolute atomic E-state index is 12.5. The minimum atomic E-state index is -0.392. The zero-order valence-electron chi connectivity index (χ0n) is 12.9. The van der Waals surface area contributed by atoms with Crippen molar-refractivity contribution in [2.45, 2.75) is 19.8 Å². The smallest absolute Gasteiger partial charge is 0.231 e. The number of Topliss-reactive ketones (excluding diaryl/α,β-unsaturated/α-hetero) is 1. The Morgan fingerprint density at radius 3 is 2.65 bits per heavy atom. The summed E-state index contributed by atoms with van der Waals surface area (Å²) in [5.41, 5.74) is 1.80. The van der Waals surface area contributed by atoms with Gasteiger partial charge in [0.2, 0.25) is 5.91 Å². The molecule has 1 N–H and O–H groups in total. The average molecular weight is 308 g/mol. The quantitative estimate of drug-likeness (QED) is 0.745. The van der Waals surface area contributed by atoms with Gasteiger partial charge < -0.3 is 9.73 Å². The van der Waals surface area contributed by atoms with E-state index in [2.05, 4.69) is 10.3 Å². The third-order valence-corrected chi connectivity index (χ3v) is 3.74. The van der Waals surface area contributed by atoms with Gasteiger partial charge in [0.05, 0.1) is 11.6 Å². The first-order valence-electron chi connectivity index (χ1n) is 7.31. The SMILES string of the molecule is CC(=O)c1oc2ccccc2c1NC(=O)[C@H](C)c1cccnc1. The molecule has 0 saturated carbocycles. The minimum Gasteiger partial charge on any atom is -0.451 e. The van der Waals surface area contributed by atoms with E-state index in [1.807, 2.05) is 24.3 Å². The summed E-state index contributed by atoms with van der Waals surface area (Å²) in [4.78, 5) is 28.4. The van der Waals surface area contributed by atoms with Crippen LogP contribution in [-0.2, 0) is 4.79 Å². The molecular weight excluding hydrogens is 292 g/mol. The lowest BCUT2D eigenvalue weighted by Gasteiger charge is -2.12. The maximum Gasteiger partial charge on any atom is 0.231 e. The largest absolute Gasteiger partial charge is 0.451 e. The van der Waals surface area contributed by atoms with E-state index in [4.69, 9.17) is 4.42 Å². The number of carbonyl (C=O) groups is 2. The standard InChI is InChI=1S/C18H16N2O3/c1-11(13-6-5-9-19-10-13)18(22)20-16-14-7-3-4-8-15(14)23-17(16)12(2)21/h3-11H,1-2H3,(H,20,22)/t11-/m1/s1. The molecule has 0 bridgehead atoms. The molecule has 0 saturated heterocycles. The van der Waals surface area contributed by atoms with E-state index in [-0.39, 0.29) is 17.5 Å². The molecule has 0 spiro atoms. The van der Waals surface area contributed by atoms with Crippen LogP contribution in [0.4, 0.5) is 5.69 Å². The van der Waals surface area contributed by atoms with Gasteiger partial charge in [-0.3, -0.25) is 14.6 Å². The predicted octanol–water partition coefficient (Wildman–Crippen LogP) is 3.77. The molecule has 5 nitrogen and oxygen atoms in total. The molecule has 3 aromatic rings. The van der Waals surface area contributed by atoms with Gasteiger partial charge in [-0.15, -0.1) is 0 Å². The molecule has 0 aliphatic carbocycles. The number of hydrogen-bond donors (Lipinski definition) is 1. The molecule has 1 amide bonds. The second kappa shape index (κ2) is 6.04. The van der Waals surface area contributed by atoms with Crippen LogP contribution in [0.5, 0.6) is 0 Å². The molecule has 5 heteroatoms. The van der Waals surface area contributed by atoms with Crippen LogP contribution in [-0.4, -0.2) is 16.7 Å². The Balaban J connectivity index is 1.96. The molecule has 0 unspecified atom stereocenters. The van der Waals surface area contributed by atoms with Gasteiger partial charge in [0.15, 0.2) is 11.5 Å². The number of fused-ring (bicyclic) bond motifs is 1. The van der Waals surface area contributed by atoms with Gasteiger partial charge >= 0.3 is 0 Å². The molecule has 0 aliphatic heterocycles. The summed E-state index contributed by atoms with van der Waals surface area (Å²) in [5, 5.41) is 3.54. The number of amides is 1. The predicted molar refractivity (Wildman–Crippen MR) is 87.5 cm³/mol.